The van der Waals surface area contributed by atoms with E-state index in [1.165, 1.54) is 7.05 Å². The molecule has 0 fully saturated rings. The van der Waals surface area contributed by atoms with Crippen molar-refractivity contribution in [2.24, 2.45) is 0 Å². The maximum absolute atomic E-state index is 11.9. The van der Waals surface area contributed by atoms with Gasteiger partial charge in [0.05, 0.1) is 11.4 Å². The molecule has 1 heterocycles. The van der Waals surface area contributed by atoms with Crippen molar-refractivity contribution in [3.8, 4) is 0 Å². The van der Waals surface area contributed by atoms with Gasteiger partial charge in [0, 0.05) is 12.6 Å². The molecule has 0 aliphatic carbocycles. The Balaban J connectivity index is 2.80. The van der Waals surface area contributed by atoms with Gasteiger partial charge < -0.3 is 5.32 Å². The molecule has 0 unspecified atom stereocenters. The summed E-state index contributed by atoms with van der Waals surface area (Å²) in [5.41, 5.74) is 1.24. The minimum Gasteiger partial charge on any atom is -0.314 e. The van der Waals surface area contributed by atoms with Crippen LogP contribution in [0.5, 0.6) is 0 Å². The van der Waals surface area contributed by atoms with E-state index in [4.69, 9.17) is 0 Å². The van der Waals surface area contributed by atoms with Crippen LogP contribution in [0.1, 0.15) is 31.7 Å². The van der Waals surface area contributed by atoms with Gasteiger partial charge in [0.1, 0.15) is 4.90 Å². The van der Waals surface area contributed by atoms with Crippen LogP contribution in [-0.4, -0.2) is 37.8 Å². The Kier molecular flexibility index (Phi) is 5.51. The van der Waals surface area contributed by atoms with Crippen molar-refractivity contribution in [2.45, 2.75) is 51.6 Å². The molecule has 19 heavy (non-hydrogen) atoms. The molecule has 7 heteroatoms. The van der Waals surface area contributed by atoms with Crippen LogP contribution in [0.4, 0.5) is 0 Å². The topological polar surface area (TPSA) is 76.0 Å². The van der Waals surface area contributed by atoms with E-state index in [-0.39, 0.29) is 0 Å². The zero-order valence-corrected chi connectivity index (χ0v) is 13.1. The molecule has 0 aliphatic rings. The lowest BCUT2D eigenvalue weighted by Crippen LogP contribution is -2.24. The molecule has 0 atom stereocenters. The fraction of sp³-hybridized carbons (Fsp3) is 0.750. The van der Waals surface area contributed by atoms with Gasteiger partial charge in [-0.05, 0) is 33.9 Å². The molecule has 1 rings (SSSR count). The van der Waals surface area contributed by atoms with Crippen LogP contribution < -0.4 is 10.0 Å². The Hall–Kier alpha value is -0.920. The predicted octanol–water partition coefficient (Wildman–Crippen LogP) is 0.796. The van der Waals surface area contributed by atoms with E-state index in [1.807, 2.05) is 0 Å². The van der Waals surface area contributed by atoms with Gasteiger partial charge in [-0.1, -0.05) is 13.8 Å². The first-order valence-corrected chi connectivity index (χ1v) is 7.99. The maximum Gasteiger partial charge on any atom is 0.243 e. The van der Waals surface area contributed by atoms with Crippen molar-refractivity contribution in [1.82, 2.24) is 19.8 Å². The van der Waals surface area contributed by atoms with E-state index in [9.17, 15) is 8.42 Å². The normalized spacial score (nSPS) is 12.3. The quantitative estimate of drug-likeness (QED) is 0.728. The molecule has 0 bridgehead atoms. The fourth-order valence-electron chi connectivity index (χ4n) is 2.01. The Morgan fingerprint density at radius 1 is 1.32 bits per heavy atom. The van der Waals surface area contributed by atoms with Crippen LogP contribution in [0.15, 0.2) is 4.90 Å². The lowest BCUT2D eigenvalue weighted by atomic mass is 10.3. The molecule has 1 aromatic heterocycles. The van der Waals surface area contributed by atoms with Crippen molar-refractivity contribution in [3.63, 3.8) is 0 Å². The van der Waals surface area contributed by atoms with E-state index in [0.29, 0.717) is 28.9 Å². The van der Waals surface area contributed by atoms with Crippen LogP contribution >= 0.6 is 0 Å². The van der Waals surface area contributed by atoms with Gasteiger partial charge in [0.25, 0.3) is 0 Å². The Morgan fingerprint density at radius 3 is 2.47 bits per heavy atom. The SMILES string of the molecule is CNS(=O)(=O)c1c(C)nn(CCCNC(C)C)c1C. The van der Waals surface area contributed by atoms with Crippen LogP contribution in [0.25, 0.3) is 0 Å². The first-order chi connectivity index (χ1) is 8.79. The monoisotopic (exact) mass is 288 g/mol. The standard InChI is InChI=1S/C12H24N4O2S/c1-9(2)14-7-6-8-16-11(4)12(10(3)15-16)19(17,18)13-5/h9,13-14H,6-8H2,1-5H3. The van der Waals surface area contributed by atoms with Gasteiger partial charge in [0.2, 0.25) is 10.0 Å². The van der Waals surface area contributed by atoms with E-state index < -0.39 is 10.0 Å². The summed E-state index contributed by atoms with van der Waals surface area (Å²) >= 11 is 0. The molecule has 0 spiro atoms. The highest BCUT2D eigenvalue weighted by Gasteiger charge is 2.22. The van der Waals surface area contributed by atoms with Crippen LogP contribution in [0.2, 0.25) is 0 Å². The minimum atomic E-state index is -3.43. The van der Waals surface area contributed by atoms with Gasteiger partial charge in [-0.3, -0.25) is 4.68 Å². The van der Waals surface area contributed by atoms with E-state index >= 15 is 0 Å². The first-order valence-electron chi connectivity index (χ1n) is 6.50. The Morgan fingerprint density at radius 2 is 1.95 bits per heavy atom. The summed E-state index contributed by atoms with van der Waals surface area (Å²) in [7, 11) is -2.02. The van der Waals surface area contributed by atoms with Crippen molar-refractivity contribution in [3.05, 3.63) is 11.4 Å². The number of hydrogen-bond acceptors (Lipinski definition) is 4. The molecule has 0 saturated heterocycles. The average molecular weight is 288 g/mol. The molecule has 0 radical (unpaired) electrons. The number of rotatable bonds is 7. The van der Waals surface area contributed by atoms with Crippen LogP contribution in [0, 0.1) is 13.8 Å². The molecule has 0 saturated carbocycles. The van der Waals surface area contributed by atoms with Crippen molar-refractivity contribution in [2.75, 3.05) is 13.6 Å². The van der Waals surface area contributed by atoms with Gasteiger partial charge in [-0.15, -0.1) is 0 Å². The lowest BCUT2D eigenvalue weighted by Gasteiger charge is -2.09. The van der Waals surface area contributed by atoms with Gasteiger partial charge in [0.15, 0.2) is 0 Å². The van der Waals surface area contributed by atoms with Crippen molar-refractivity contribution < 1.29 is 8.42 Å². The van der Waals surface area contributed by atoms with Gasteiger partial charge in [-0.25, -0.2) is 13.1 Å². The smallest absolute Gasteiger partial charge is 0.243 e. The van der Waals surface area contributed by atoms with Gasteiger partial charge >= 0.3 is 0 Å². The van der Waals surface area contributed by atoms with Crippen molar-refractivity contribution in [1.29, 1.82) is 0 Å². The van der Waals surface area contributed by atoms with E-state index in [0.717, 1.165) is 13.0 Å². The molecule has 0 aliphatic heterocycles. The first kappa shape index (κ1) is 16.1. The Labute approximate surface area is 115 Å². The second kappa shape index (κ2) is 6.49. The summed E-state index contributed by atoms with van der Waals surface area (Å²) in [6, 6.07) is 0.459. The zero-order chi connectivity index (χ0) is 14.6. The third kappa shape index (κ3) is 4.02. The largest absolute Gasteiger partial charge is 0.314 e. The molecular weight excluding hydrogens is 264 g/mol. The minimum absolute atomic E-state index is 0.298. The number of aryl methyl sites for hydroxylation is 2. The number of aromatic nitrogens is 2. The predicted molar refractivity (Wildman–Crippen MR) is 75.7 cm³/mol. The van der Waals surface area contributed by atoms with E-state index in [1.54, 1.807) is 18.5 Å². The molecule has 6 nitrogen and oxygen atoms in total. The lowest BCUT2D eigenvalue weighted by molar-refractivity contribution is 0.505. The third-order valence-electron chi connectivity index (χ3n) is 2.95. The maximum atomic E-state index is 11.9. The molecule has 1 aromatic rings. The summed E-state index contributed by atoms with van der Waals surface area (Å²) < 4.78 is 27.9. The third-order valence-corrected chi connectivity index (χ3v) is 4.62. The van der Waals surface area contributed by atoms with Crippen LogP contribution in [0.3, 0.4) is 0 Å². The number of sulfonamides is 1. The summed E-state index contributed by atoms with van der Waals surface area (Å²) in [4.78, 5) is 0.298. The highest BCUT2D eigenvalue weighted by atomic mass is 32.2. The van der Waals surface area contributed by atoms with Gasteiger partial charge in [-0.2, -0.15) is 5.10 Å². The molecule has 0 amide bonds. The molecular formula is C12H24N4O2S. The average Bonchev–Trinajstić information content (AvgIpc) is 2.60. The summed E-state index contributed by atoms with van der Waals surface area (Å²) in [6.45, 7) is 9.32. The highest BCUT2D eigenvalue weighted by Crippen LogP contribution is 2.18. The highest BCUT2D eigenvalue weighted by molar-refractivity contribution is 7.89. The van der Waals surface area contributed by atoms with Crippen LogP contribution in [-0.2, 0) is 16.6 Å². The number of nitrogens with zero attached hydrogens (tertiary/aromatic N) is 2. The molecule has 110 valence electrons. The second-order valence-corrected chi connectivity index (χ2v) is 6.72. The number of hydrogen-bond donors (Lipinski definition) is 2. The number of nitrogens with one attached hydrogen (secondary N) is 2. The fourth-order valence-corrected chi connectivity index (χ4v) is 3.14. The second-order valence-electron chi connectivity index (χ2n) is 4.89. The summed E-state index contributed by atoms with van der Waals surface area (Å²) in [5, 5.41) is 7.64. The summed E-state index contributed by atoms with van der Waals surface area (Å²) in [5.74, 6) is 0. The zero-order valence-electron chi connectivity index (χ0n) is 12.3. The van der Waals surface area contributed by atoms with E-state index in [2.05, 4.69) is 29.0 Å². The summed E-state index contributed by atoms with van der Waals surface area (Å²) in [6.07, 6.45) is 0.916. The molecule has 0 aromatic carbocycles. The Bertz CT molecular complexity index is 520. The molecule has 2 N–H and O–H groups in total. The van der Waals surface area contributed by atoms with Crippen molar-refractivity contribution >= 4 is 10.0 Å².